The van der Waals surface area contributed by atoms with Crippen molar-refractivity contribution < 1.29 is 19.1 Å². The van der Waals surface area contributed by atoms with E-state index < -0.39 is 11.9 Å². The van der Waals surface area contributed by atoms with Gasteiger partial charge < -0.3 is 20.1 Å². The van der Waals surface area contributed by atoms with Crippen LogP contribution in [-0.2, 0) is 16.0 Å². The summed E-state index contributed by atoms with van der Waals surface area (Å²) in [6.07, 6.45) is 0. The first kappa shape index (κ1) is 18.4. The molecule has 0 unspecified atom stereocenters. The second kappa shape index (κ2) is 8.79. The largest absolute Gasteiger partial charge is 0.465 e. The molecule has 7 heteroatoms. The molecular formula is C18H18N2O4S. The van der Waals surface area contributed by atoms with Crippen molar-refractivity contribution in [3.05, 3.63) is 65.2 Å². The highest BCUT2D eigenvalue weighted by Gasteiger charge is 2.14. The number of benzene rings is 2. The minimum Gasteiger partial charge on any atom is -0.465 e. The third-order valence-corrected chi connectivity index (χ3v) is 3.58. The van der Waals surface area contributed by atoms with Crippen molar-refractivity contribution in [3.8, 4) is 0 Å². The summed E-state index contributed by atoms with van der Waals surface area (Å²) in [4.78, 5) is 23.5. The molecule has 2 rings (SSSR count). The van der Waals surface area contributed by atoms with Gasteiger partial charge in [-0.3, -0.25) is 0 Å². The number of nitrogens with one attached hydrogen (secondary N) is 2. The van der Waals surface area contributed by atoms with Crippen LogP contribution in [0.15, 0.2) is 48.5 Å². The molecule has 0 aliphatic carbocycles. The maximum Gasteiger partial charge on any atom is 0.337 e. The SMILES string of the molecule is COC(=O)c1cc(NC(=S)NCc2ccccc2)cc(C(=O)OC)c1. The third kappa shape index (κ3) is 5.29. The van der Waals surface area contributed by atoms with E-state index in [-0.39, 0.29) is 11.1 Å². The first-order valence-corrected chi connectivity index (χ1v) is 7.85. The van der Waals surface area contributed by atoms with Crippen LogP contribution in [0.1, 0.15) is 26.3 Å². The standard InChI is InChI=1S/C18H18N2O4S/c1-23-16(21)13-8-14(17(22)24-2)10-15(9-13)20-18(25)19-11-12-6-4-3-5-7-12/h3-10H,11H2,1-2H3,(H2,19,20,25). The molecule has 0 aliphatic rings. The highest BCUT2D eigenvalue weighted by atomic mass is 32.1. The van der Waals surface area contributed by atoms with Gasteiger partial charge in [-0.2, -0.15) is 0 Å². The molecule has 130 valence electrons. The molecule has 0 radical (unpaired) electrons. The lowest BCUT2D eigenvalue weighted by atomic mass is 10.1. The maximum absolute atomic E-state index is 11.8. The average molecular weight is 358 g/mol. The number of rotatable bonds is 5. The molecule has 2 aromatic rings. The zero-order valence-electron chi connectivity index (χ0n) is 13.9. The van der Waals surface area contributed by atoms with E-state index >= 15 is 0 Å². The second-order valence-electron chi connectivity index (χ2n) is 5.08. The number of anilines is 1. The summed E-state index contributed by atoms with van der Waals surface area (Å²) in [6.45, 7) is 0.549. The van der Waals surface area contributed by atoms with Crippen LogP contribution >= 0.6 is 12.2 Å². The van der Waals surface area contributed by atoms with Gasteiger partial charge in [0.1, 0.15) is 0 Å². The van der Waals surface area contributed by atoms with Gasteiger partial charge in [-0.25, -0.2) is 9.59 Å². The summed E-state index contributed by atoms with van der Waals surface area (Å²) in [5.74, 6) is -1.12. The molecule has 25 heavy (non-hydrogen) atoms. The van der Waals surface area contributed by atoms with Gasteiger partial charge in [0, 0.05) is 12.2 Å². The van der Waals surface area contributed by atoms with Crippen LogP contribution in [0.3, 0.4) is 0 Å². The minimum atomic E-state index is -0.558. The summed E-state index contributed by atoms with van der Waals surface area (Å²) in [5.41, 5.74) is 2.00. The monoisotopic (exact) mass is 358 g/mol. The van der Waals surface area contributed by atoms with Crippen LogP contribution in [0.5, 0.6) is 0 Å². The predicted molar refractivity (Wildman–Crippen MR) is 98.6 cm³/mol. The van der Waals surface area contributed by atoms with E-state index in [0.717, 1.165) is 5.56 Å². The summed E-state index contributed by atoms with van der Waals surface area (Å²) in [6, 6.07) is 14.3. The quantitative estimate of drug-likeness (QED) is 0.629. The topological polar surface area (TPSA) is 76.7 Å². The number of carbonyl (C=O) groups excluding carboxylic acids is 2. The van der Waals surface area contributed by atoms with Crippen molar-refractivity contribution in [1.82, 2.24) is 5.32 Å². The summed E-state index contributed by atoms with van der Waals surface area (Å²) in [7, 11) is 2.54. The van der Waals surface area contributed by atoms with Crippen molar-refractivity contribution in [2.24, 2.45) is 0 Å². The summed E-state index contributed by atoms with van der Waals surface area (Å²) >= 11 is 5.26. The summed E-state index contributed by atoms with van der Waals surface area (Å²) < 4.78 is 9.41. The smallest absolute Gasteiger partial charge is 0.337 e. The number of methoxy groups -OCH3 is 2. The Morgan fingerprint density at radius 2 is 1.52 bits per heavy atom. The van der Waals surface area contributed by atoms with E-state index in [4.69, 9.17) is 21.7 Å². The van der Waals surface area contributed by atoms with Gasteiger partial charge in [-0.15, -0.1) is 0 Å². The Hall–Kier alpha value is -2.93. The molecule has 0 amide bonds. The molecule has 0 saturated heterocycles. The lowest BCUT2D eigenvalue weighted by molar-refractivity contribution is 0.0599. The Morgan fingerprint density at radius 3 is 2.04 bits per heavy atom. The Morgan fingerprint density at radius 1 is 0.960 bits per heavy atom. The molecule has 0 heterocycles. The van der Waals surface area contributed by atoms with Crippen LogP contribution in [0.25, 0.3) is 0 Å². The lowest BCUT2D eigenvalue weighted by Crippen LogP contribution is -2.28. The fourth-order valence-corrected chi connectivity index (χ4v) is 2.31. The maximum atomic E-state index is 11.8. The molecular weight excluding hydrogens is 340 g/mol. The van der Waals surface area contributed by atoms with E-state index in [9.17, 15) is 9.59 Å². The van der Waals surface area contributed by atoms with Gasteiger partial charge >= 0.3 is 11.9 Å². The van der Waals surface area contributed by atoms with Crippen molar-refractivity contribution in [1.29, 1.82) is 0 Å². The van der Waals surface area contributed by atoms with Crippen LogP contribution in [0, 0.1) is 0 Å². The van der Waals surface area contributed by atoms with Crippen LogP contribution in [-0.4, -0.2) is 31.3 Å². The molecule has 6 nitrogen and oxygen atoms in total. The zero-order valence-corrected chi connectivity index (χ0v) is 14.7. The third-order valence-electron chi connectivity index (χ3n) is 3.33. The highest BCUT2D eigenvalue weighted by molar-refractivity contribution is 7.80. The van der Waals surface area contributed by atoms with Crippen molar-refractivity contribution >= 4 is 35.0 Å². The Balaban J connectivity index is 2.12. The molecule has 0 spiro atoms. The molecule has 2 N–H and O–H groups in total. The number of ether oxygens (including phenoxy) is 2. The fourth-order valence-electron chi connectivity index (χ4n) is 2.12. The van der Waals surface area contributed by atoms with Gasteiger partial charge in [0.05, 0.1) is 25.3 Å². The van der Waals surface area contributed by atoms with Gasteiger partial charge in [-0.1, -0.05) is 30.3 Å². The first-order valence-electron chi connectivity index (χ1n) is 7.44. The predicted octanol–water partition coefficient (Wildman–Crippen LogP) is 2.75. The molecule has 0 bridgehead atoms. The number of hydrogen-bond donors (Lipinski definition) is 2. The van der Waals surface area contributed by atoms with Gasteiger partial charge in [-0.05, 0) is 36.0 Å². The van der Waals surface area contributed by atoms with Gasteiger partial charge in [0.15, 0.2) is 5.11 Å². The van der Waals surface area contributed by atoms with Crippen LogP contribution < -0.4 is 10.6 Å². The van der Waals surface area contributed by atoms with E-state index in [1.165, 1.54) is 20.3 Å². The van der Waals surface area contributed by atoms with Crippen molar-refractivity contribution in [3.63, 3.8) is 0 Å². The lowest BCUT2D eigenvalue weighted by Gasteiger charge is -2.12. The van der Waals surface area contributed by atoms with E-state index in [0.29, 0.717) is 17.3 Å². The van der Waals surface area contributed by atoms with Gasteiger partial charge in [0.2, 0.25) is 0 Å². The van der Waals surface area contributed by atoms with E-state index in [1.54, 1.807) is 12.1 Å². The number of carbonyl (C=O) groups is 2. The number of thiocarbonyl (C=S) groups is 1. The van der Waals surface area contributed by atoms with Crippen molar-refractivity contribution in [2.75, 3.05) is 19.5 Å². The first-order chi connectivity index (χ1) is 12.0. The molecule has 0 fully saturated rings. The molecule has 0 saturated carbocycles. The zero-order chi connectivity index (χ0) is 18.2. The number of esters is 2. The Kier molecular flexibility index (Phi) is 6.47. The van der Waals surface area contributed by atoms with Crippen molar-refractivity contribution in [2.45, 2.75) is 6.54 Å². The number of hydrogen-bond acceptors (Lipinski definition) is 5. The average Bonchev–Trinajstić information content (AvgIpc) is 2.65. The molecule has 0 atom stereocenters. The second-order valence-corrected chi connectivity index (χ2v) is 5.48. The van der Waals surface area contributed by atoms with E-state index in [2.05, 4.69) is 10.6 Å². The van der Waals surface area contributed by atoms with Crippen LogP contribution in [0.4, 0.5) is 5.69 Å². The fraction of sp³-hybridized carbons (Fsp3) is 0.167. The highest BCUT2D eigenvalue weighted by Crippen LogP contribution is 2.17. The molecule has 0 aliphatic heterocycles. The van der Waals surface area contributed by atoms with Gasteiger partial charge in [0.25, 0.3) is 0 Å². The Labute approximate surface area is 151 Å². The Bertz CT molecular complexity index is 744. The van der Waals surface area contributed by atoms with E-state index in [1.807, 2.05) is 30.3 Å². The molecule has 0 aromatic heterocycles. The normalized spacial score (nSPS) is 9.84. The van der Waals surface area contributed by atoms with Crippen LogP contribution in [0.2, 0.25) is 0 Å². The minimum absolute atomic E-state index is 0.221. The summed E-state index contributed by atoms with van der Waals surface area (Å²) in [5, 5.41) is 6.38. The molecule has 2 aromatic carbocycles.